The summed E-state index contributed by atoms with van der Waals surface area (Å²) in [6.45, 7) is 1.98. The summed E-state index contributed by atoms with van der Waals surface area (Å²) < 4.78 is 4.51. The fraction of sp³-hybridized carbons (Fsp3) is 0.250. The fourth-order valence-corrected chi connectivity index (χ4v) is 3.26. The molecule has 7 nitrogen and oxygen atoms in total. The summed E-state index contributed by atoms with van der Waals surface area (Å²) in [6.07, 6.45) is 2.51. The molecule has 1 atom stereocenters. The molecule has 3 heterocycles. The van der Waals surface area contributed by atoms with Gasteiger partial charge in [0, 0.05) is 17.1 Å². The Hall–Kier alpha value is -2.51. The summed E-state index contributed by atoms with van der Waals surface area (Å²) in [4.78, 5) is 21.9. The highest BCUT2D eigenvalue weighted by molar-refractivity contribution is 6.31. The van der Waals surface area contributed by atoms with Crippen molar-refractivity contribution in [2.24, 2.45) is 0 Å². The molecule has 1 saturated heterocycles. The van der Waals surface area contributed by atoms with Gasteiger partial charge in [0.05, 0.1) is 5.69 Å². The van der Waals surface area contributed by atoms with Crippen LogP contribution >= 0.6 is 11.6 Å². The molecule has 0 radical (unpaired) electrons. The molecule has 1 aliphatic rings. The first-order chi connectivity index (χ1) is 11.7. The maximum atomic E-state index is 11.1. The van der Waals surface area contributed by atoms with Gasteiger partial charge in [-0.15, -0.1) is 0 Å². The zero-order valence-corrected chi connectivity index (χ0v) is 13.4. The van der Waals surface area contributed by atoms with Crippen LogP contribution in [0, 0.1) is 0 Å². The van der Waals surface area contributed by atoms with Gasteiger partial charge in [-0.05, 0) is 36.6 Å². The summed E-state index contributed by atoms with van der Waals surface area (Å²) in [5.74, 6) is 0.0962. The van der Waals surface area contributed by atoms with E-state index in [0.717, 1.165) is 35.7 Å². The highest BCUT2D eigenvalue weighted by Gasteiger charge is 2.19. The van der Waals surface area contributed by atoms with Crippen LogP contribution in [0.5, 0.6) is 0 Å². The number of hydrogen-bond donors (Lipinski definition) is 2. The minimum Gasteiger partial charge on any atom is -0.316 e. The second kappa shape index (κ2) is 6.18. The van der Waals surface area contributed by atoms with Gasteiger partial charge in [-0.2, -0.15) is 0 Å². The maximum Gasteiger partial charge on any atom is 0.439 e. The number of aromatic nitrogens is 4. The summed E-state index contributed by atoms with van der Waals surface area (Å²) in [7, 11) is 0. The third kappa shape index (κ3) is 2.83. The van der Waals surface area contributed by atoms with Gasteiger partial charge in [0.1, 0.15) is 12.0 Å². The minimum absolute atomic E-state index is 0.267. The molecular formula is C16H14ClN5O2. The monoisotopic (exact) mass is 343 g/mol. The van der Waals surface area contributed by atoms with Crippen LogP contribution in [-0.2, 0) is 0 Å². The van der Waals surface area contributed by atoms with Gasteiger partial charge in [0.2, 0.25) is 5.82 Å². The Labute approximate surface area is 142 Å². The predicted molar refractivity (Wildman–Crippen MR) is 88.8 cm³/mol. The number of benzene rings is 1. The molecule has 2 aromatic heterocycles. The standard InChI is InChI=1S/C16H14ClN5O2/c17-12-5-9(1-2-11(12)10-3-4-18-7-10)13-6-14(20-8-19-13)15-21-16(23)24-22-15/h1-2,5-6,8,10,18H,3-4,7H2,(H,21,22,23). The highest BCUT2D eigenvalue weighted by atomic mass is 35.5. The lowest BCUT2D eigenvalue weighted by Gasteiger charge is -2.12. The Morgan fingerprint density at radius 1 is 1.21 bits per heavy atom. The van der Waals surface area contributed by atoms with Gasteiger partial charge in [0.15, 0.2) is 0 Å². The van der Waals surface area contributed by atoms with Crippen molar-refractivity contribution >= 4 is 11.6 Å². The lowest BCUT2D eigenvalue weighted by molar-refractivity contribution is 0.387. The van der Waals surface area contributed by atoms with Crippen LogP contribution < -0.4 is 11.1 Å². The van der Waals surface area contributed by atoms with Crippen molar-refractivity contribution in [1.82, 2.24) is 25.4 Å². The van der Waals surface area contributed by atoms with E-state index in [1.165, 1.54) is 6.33 Å². The van der Waals surface area contributed by atoms with Gasteiger partial charge >= 0.3 is 5.76 Å². The Morgan fingerprint density at radius 2 is 2.08 bits per heavy atom. The Balaban J connectivity index is 1.68. The number of aromatic amines is 1. The van der Waals surface area contributed by atoms with E-state index < -0.39 is 5.76 Å². The van der Waals surface area contributed by atoms with Crippen molar-refractivity contribution < 1.29 is 4.52 Å². The number of hydrogen-bond acceptors (Lipinski definition) is 6. The molecule has 2 N–H and O–H groups in total. The zero-order chi connectivity index (χ0) is 16.5. The van der Waals surface area contributed by atoms with Crippen LogP contribution in [0.2, 0.25) is 5.02 Å². The van der Waals surface area contributed by atoms with Crippen LogP contribution in [-0.4, -0.2) is 33.2 Å². The van der Waals surface area contributed by atoms with E-state index in [-0.39, 0.29) is 5.82 Å². The molecule has 0 bridgehead atoms. The highest BCUT2D eigenvalue weighted by Crippen LogP contribution is 2.32. The van der Waals surface area contributed by atoms with Gasteiger partial charge in [0.25, 0.3) is 0 Å². The van der Waals surface area contributed by atoms with E-state index >= 15 is 0 Å². The lowest BCUT2D eigenvalue weighted by Crippen LogP contribution is -2.08. The van der Waals surface area contributed by atoms with Crippen molar-refractivity contribution in [1.29, 1.82) is 0 Å². The molecular weight excluding hydrogens is 330 g/mol. The smallest absolute Gasteiger partial charge is 0.316 e. The Kier molecular flexibility index (Phi) is 3.87. The Morgan fingerprint density at radius 3 is 2.79 bits per heavy atom. The molecule has 1 aliphatic heterocycles. The van der Waals surface area contributed by atoms with Crippen molar-refractivity contribution in [2.45, 2.75) is 12.3 Å². The number of H-pyrrole nitrogens is 1. The first kappa shape index (κ1) is 15.0. The Bertz CT molecular complexity index is 930. The zero-order valence-electron chi connectivity index (χ0n) is 12.6. The summed E-state index contributed by atoms with van der Waals surface area (Å²) in [5, 5.41) is 7.72. The molecule has 0 aliphatic carbocycles. The van der Waals surface area contributed by atoms with Crippen LogP contribution in [0.25, 0.3) is 22.8 Å². The summed E-state index contributed by atoms with van der Waals surface area (Å²) in [6, 6.07) is 7.69. The first-order valence-electron chi connectivity index (χ1n) is 7.59. The number of rotatable bonds is 3. The summed E-state index contributed by atoms with van der Waals surface area (Å²) >= 11 is 6.47. The fourth-order valence-electron chi connectivity index (χ4n) is 2.92. The molecule has 24 heavy (non-hydrogen) atoms. The van der Waals surface area contributed by atoms with E-state index in [0.29, 0.717) is 17.3 Å². The first-order valence-corrected chi connectivity index (χ1v) is 7.97. The molecule has 8 heteroatoms. The third-order valence-electron chi connectivity index (χ3n) is 4.15. The molecule has 0 saturated carbocycles. The number of halogens is 1. The van der Waals surface area contributed by atoms with Crippen molar-refractivity contribution in [2.75, 3.05) is 13.1 Å². The van der Waals surface area contributed by atoms with Crippen molar-refractivity contribution in [3.63, 3.8) is 0 Å². The average Bonchev–Trinajstić information content (AvgIpc) is 3.26. The SMILES string of the molecule is O=c1[nH]c(-c2cc(-c3ccc(C4CCNC4)c(Cl)c3)ncn2)no1. The third-order valence-corrected chi connectivity index (χ3v) is 4.47. The topological polar surface area (TPSA) is 96.7 Å². The van der Waals surface area contributed by atoms with Gasteiger partial charge in [-0.1, -0.05) is 28.9 Å². The summed E-state index contributed by atoms with van der Waals surface area (Å²) in [5.41, 5.74) is 3.21. The molecule has 3 aromatic rings. The van der Waals surface area contributed by atoms with E-state index in [1.807, 2.05) is 12.1 Å². The van der Waals surface area contributed by atoms with Gasteiger partial charge < -0.3 is 5.32 Å². The second-order valence-corrected chi connectivity index (χ2v) is 6.07. The quantitative estimate of drug-likeness (QED) is 0.757. The second-order valence-electron chi connectivity index (χ2n) is 5.66. The van der Waals surface area contributed by atoms with E-state index in [1.54, 1.807) is 6.07 Å². The minimum atomic E-state index is -0.622. The molecule has 1 aromatic carbocycles. The molecule has 122 valence electrons. The molecule has 1 unspecified atom stereocenters. The van der Waals surface area contributed by atoms with E-state index in [4.69, 9.17) is 11.6 Å². The predicted octanol–water partition coefficient (Wildman–Crippen LogP) is 2.22. The van der Waals surface area contributed by atoms with Crippen LogP contribution in [0.3, 0.4) is 0 Å². The van der Waals surface area contributed by atoms with E-state index in [2.05, 4.69) is 36.0 Å². The number of nitrogens with zero attached hydrogens (tertiary/aromatic N) is 3. The molecule has 0 amide bonds. The molecule has 0 spiro atoms. The molecule has 1 fully saturated rings. The van der Waals surface area contributed by atoms with Gasteiger partial charge in [-0.3, -0.25) is 9.51 Å². The number of nitrogens with one attached hydrogen (secondary N) is 2. The maximum absolute atomic E-state index is 11.1. The van der Waals surface area contributed by atoms with Crippen LogP contribution in [0.4, 0.5) is 0 Å². The van der Waals surface area contributed by atoms with Gasteiger partial charge in [-0.25, -0.2) is 14.8 Å². The van der Waals surface area contributed by atoms with E-state index in [9.17, 15) is 4.79 Å². The van der Waals surface area contributed by atoms with Crippen molar-refractivity contribution in [3.8, 4) is 22.8 Å². The van der Waals surface area contributed by atoms with Crippen LogP contribution in [0.1, 0.15) is 17.9 Å². The largest absolute Gasteiger partial charge is 0.439 e. The normalized spacial score (nSPS) is 17.3. The van der Waals surface area contributed by atoms with Crippen LogP contribution in [0.15, 0.2) is 39.9 Å². The van der Waals surface area contributed by atoms with Crippen molar-refractivity contribution in [3.05, 3.63) is 51.7 Å². The average molecular weight is 344 g/mol. The molecule has 4 rings (SSSR count). The lowest BCUT2D eigenvalue weighted by atomic mass is 9.96.